The Bertz CT molecular complexity index is 1690. The first kappa shape index (κ1) is 25.0. The van der Waals surface area contributed by atoms with Crippen LogP contribution in [0.5, 0.6) is 5.88 Å². The van der Waals surface area contributed by atoms with Gasteiger partial charge in [-0.05, 0) is 42.8 Å². The average molecular weight is 559 g/mol. The molecule has 0 radical (unpaired) electrons. The molecule has 2 aliphatic rings. The summed E-state index contributed by atoms with van der Waals surface area (Å²) >= 11 is 5.85. The number of nitrogens with zero attached hydrogens (tertiary/aromatic N) is 6. The highest BCUT2D eigenvalue weighted by Crippen LogP contribution is 2.29. The molecule has 2 aromatic carbocycles. The quantitative estimate of drug-likeness (QED) is 0.250. The monoisotopic (exact) mass is 558 g/mol. The van der Waals surface area contributed by atoms with Crippen LogP contribution in [0.4, 0.5) is 10.2 Å². The van der Waals surface area contributed by atoms with Gasteiger partial charge in [-0.15, -0.1) is 0 Å². The van der Waals surface area contributed by atoms with Crippen molar-refractivity contribution in [3.05, 3.63) is 99.8 Å². The minimum atomic E-state index is -0.395. The van der Waals surface area contributed by atoms with Crippen LogP contribution < -0.4 is 9.64 Å². The summed E-state index contributed by atoms with van der Waals surface area (Å²) in [6.07, 6.45) is 2.11. The maximum Gasteiger partial charge on any atom is 0.215 e. The lowest BCUT2D eigenvalue weighted by atomic mass is 10.1. The summed E-state index contributed by atoms with van der Waals surface area (Å²) in [5.41, 5.74) is 6.03. The standard InChI is InChI=1S/C30H28ClFN6O2/c1-19-5-8-25-27(9-19)38(11-20-16-39-17-20)29(33-25)15-37-13-22-12-36(14-26(22)35-37)28-3-2-4-30(34-28)40-18-21-6-7-23(31)10-24(21)32/h2-10,13,20H,11-12,14-18H2,1H3. The summed E-state index contributed by atoms with van der Waals surface area (Å²) in [6, 6.07) is 16.6. The van der Waals surface area contributed by atoms with Crippen LogP contribution in [0.3, 0.4) is 0 Å². The second-order valence-corrected chi connectivity index (χ2v) is 11.0. The molecule has 204 valence electrons. The van der Waals surface area contributed by atoms with E-state index in [-0.39, 0.29) is 6.61 Å². The zero-order valence-corrected chi connectivity index (χ0v) is 22.8. The van der Waals surface area contributed by atoms with Crippen molar-refractivity contribution in [3.63, 3.8) is 0 Å². The van der Waals surface area contributed by atoms with Crippen molar-refractivity contribution in [2.24, 2.45) is 5.92 Å². The number of anilines is 1. The number of hydrogen-bond acceptors (Lipinski definition) is 6. The lowest BCUT2D eigenvalue weighted by Gasteiger charge is -2.27. The number of imidazole rings is 1. The molecule has 0 saturated carbocycles. The summed E-state index contributed by atoms with van der Waals surface area (Å²) in [5, 5.41) is 5.26. The van der Waals surface area contributed by atoms with E-state index in [1.165, 1.54) is 22.7 Å². The molecule has 0 unspecified atom stereocenters. The number of pyridine rings is 1. The van der Waals surface area contributed by atoms with Gasteiger partial charge in [0, 0.05) is 47.4 Å². The minimum Gasteiger partial charge on any atom is -0.473 e. The second kappa shape index (κ2) is 10.2. The van der Waals surface area contributed by atoms with Crippen LogP contribution in [0.1, 0.15) is 28.2 Å². The van der Waals surface area contributed by atoms with Crippen molar-refractivity contribution in [1.29, 1.82) is 0 Å². The van der Waals surface area contributed by atoms with Crippen LogP contribution in [0.25, 0.3) is 11.0 Å². The fourth-order valence-electron chi connectivity index (χ4n) is 5.30. The van der Waals surface area contributed by atoms with Crippen LogP contribution in [-0.2, 0) is 37.5 Å². The van der Waals surface area contributed by atoms with Gasteiger partial charge in [0.05, 0.1) is 43.0 Å². The van der Waals surface area contributed by atoms with Gasteiger partial charge in [-0.1, -0.05) is 29.8 Å². The third-order valence-electron chi connectivity index (χ3n) is 7.48. The molecule has 7 rings (SSSR count). The van der Waals surface area contributed by atoms with Crippen LogP contribution in [0.2, 0.25) is 5.02 Å². The Morgan fingerprint density at radius 3 is 2.77 bits per heavy atom. The van der Waals surface area contributed by atoms with Crippen LogP contribution in [0.15, 0.2) is 60.8 Å². The zero-order chi connectivity index (χ0) is 27.2. The Morgan fingerprint density at radius 1 is 1.07 bits per heavy atom. The maximum absolute atomic E-state index is 14.1. The van der Waals surface area contributed by atoms with Crippen molar-refractivity contribution in [2.75, 3.05) is 18.1 Å². The number of hydrogen-bond donors (Lipinski definition) is 0. The Kier molecular flexibility index (Phi) is 6.40. The molecule has 1 saturated heterocycles. The van der Waals surface area contributed by atoms with Crippen molar-refractivity contribution in [1.82, 2.24) is 24.3 Å². The highest BCUT2D eigenvalue weighted by atomic mass is 35.5. The molecule has 8 nitrogen and oxygen atoms in total. The highest BCUT2D eigenvalue weighted by molar-refractivity contribution is 6.30. The summed E-state index contributed by atoms with van der Waals surface area (Å²) in [7, 11) is 0. The number of fused-ring (bicyclic) bond motifs is 2. The Hall–Kier alpha value is -3.95. The third-order valence-corrected chi connectivity index (χ3v) is 7.72. The van der Waals surface area contributed by atoms with E-state index in [9.17, 15) is 4.39 Å². The van der Waals surface area contributed by atoms with Gasteiger partial charge in [-0.2, -0.15) is 10.1 Å². The number of rotatable bonds is 8. The minimum absolute atomic E-state index is 0.0738. The normalized spacial score (nSPS) is 15.0. The van der Waals surface area contributed by atoms with Gasteiger partial charge in [0.25, 0.3) is 0 Å². The van der Waals surface area contributed by atoms with E-state index in [2.05, 4.69) is 45.8 Å². The first-order valence-corrected chi connectivity index (χ1v) is 13.7. The highest BCUT2D eigenvalue weighted by Gasteiger charge is 2.26. The predicted octanol–water partition coefficient (Wildman–Crippen LogP) is 5.52. The van der Waals surface area contributed by atoms with Crippen LogP contribution in [-0.4, -0.2) is 37.5 Å². The second-order valence-electron chi connectivity index (χ2n) is 10.5. The fraction of sp³-hybridized carbons (Fsp3) is 0.300. The Labute approximate surface area is 235 Å². The molecular weight excluding hydrogens is 531 g/mol. The Morgan fingerprint density at radius 2 is 1.98 bits per heavy atom. The summed E-state index contributed by atoms with van der Waals surface area (Å²) < 4.78 is 29.7. The third kappa shape index (κ3) is 4.91. The van der Waals surface area contributed by atoms with Crippen molar-refractivity contribution >= 4 is 28.5 Å². The number of aromatic nitrogens is 5. The van der Waals surface area contributed by atoms with E-state index in [0.717, 1.165) is 42.6 Å². The molecule has 0 aliphatic carbocycles. The molecule has 5 aromatic rings. The summed E-state index contributed by atoms with van der Waals surface area (Å²) in [5.74, 6) is 2.36. The molecular formula is C30H28ClFN6O2. The SMILES string of the molecule is Cc1ccc2nc(Cn3cc4c(n3)CN(c3cccc(OCc5ccc(Cl)cc5F)n3)C4)n(CC3COC3)c2c1. The van der Waals surface area contributed by atoms with Crippen molar-refractivity contribution < 1.29 is 13.9 Å². The summed E-state index contributed by atoms with van der Waals surface area (Å²) in [4.78, 5) is 11.8. The lowest BCUT2D eigenvalue weighted by Crippen LogP contribution is -2.32. The van der Waals surface area contributed by atoms with Gasteiger partial charge in [0.15, 0.2) is 0 Å². The van der Waals surface area contributed by atoms with E-state index in [1.807, 2.05) is 16.8 Å². The van der Waals surface area contributed by atoms with E-state index >= 15 is 0 Å². The van der Waals surface area contributed by atoms with E-state index in [4.69, 9.17) is 31.2 Å². The van der Waals surface area contributed by atoms with Gasteiger partial charge in [-0.3, -0.25) is 4.68 Å². The molecule has 0 N–H and O–H groups in total. The van der Waals surface area contributed by atoms with Gasteiger partial charge < -0.3 is 18.9 Å². The molecule has 5 heterocycles. The fourth-order valence-corrected chi connectivity index (χ4v) is 5.46. The molecule has 3 aromatic heterocycles. The van der Waals surface area contributed by atoms with Gasteiger partial charge in [0.1, 0.15) is 24.1 Å². The lowest BCUT2D eigenvalue weighted by molar-refractivity contribution is -0.0392. The van der Waals surface area contributed by atoms with Crippen molar-refractivity contribution in [2.45, 2.75) is 39.7 Å². The van der Waals surface area contributed by atoms with E-state index in [1.54, 1.807) is 18.2 Å². The summed E-state index contributed by atoms with van der Waals surface area (Å²) in [6.45, 7) is 6.65. The van der Waals surface area contributed by atoms with Crippen LogP contribution >= 0.6 is 11.6 Å². The van der Waals surface area contributed by atoms with Gasteiger partial charge in [-0.25, -0.2) is 9.37 Å². The molecule has 40 heavy (non-hydrogen) atoms. The molecule has 0 atom stereocenters. The first-order valence-electron chi connectivity index (χ1n) is 13.4. The zero-order valence-electron chi connectivity index (χ0n) is 22.1. The molecule has 0 amide bonds. The number of ether oxygens (including phenoxy) is 2. The van der Waals surface area contributed by atoms with Gasteiger partial charge >= 0.3 is 0 Å². The van der Waals surface area contributed by atoms with Crippen molar-refractivity contribution in [3.8, 4) is 5.88 Å². The number of aryl methyl sites for hydroxylation is 1. The smallest absolute Gasteiger partial charge is 0.215 e. The van der Waals surface area contributed by atoms with Crippen LogP contribution in [0, 0.1) is 18.7 Å². The van der Waals surface area contributed by atoms with E-state index in [0.29, 0.717) is 42.0 Å². The number of halogens is 2. The average Bonchev–Trinajstić information content (AvgIpc) is 3.57. The van der Waals surface area contributed by atoms with E-state index < -0.39 is 5.82 Å². The Balaban J connectivity index is 1.05. The molecule has 2 aliphatic heterocycles. The molecule has 1 fully saturated rings. The topological polar surface area (TPSA) is 70.2 Å². The molecule has 0 bridgehead atoms. The van der Waals surface area contributed by atoms with Gasteiger partial charge in [0.2, 0.25) is 5.88 Å². The first-order chi connectivity index (χ1) is 19.5. The maximum atomic E-state index is 14.1. The molecule has 10 heteroatoms. The molecule has 0 spiro atoms. The largest absolute Gasteiger partial charge is 0.473 e. The number of benzene rings is 2. The predicted molar refractivity (Wildman–Crippen MR) is 150 cm³/mol.